The highest BCUT2D eigenvalue weighted by atomic mass is 32.2. The van der Waals surface area contributed by atoms with E-state index in [4.69, 9.17) is 0 Å². The highest BCUT2D eigenvalue weighted by Gasteiger charge is 2.50. The lowest BCUT2D eigenvalue weighted by Gasteiger charge is -2.55. The molecule has 0 saturated heterocycles. The van der Waals surface area contributed by atoms with E-state index >= 15 is 0 Å². The van der Waals surface area contributed by atoms with Crippen LogP contribution in [-0.2, 0) is 15.8 Å². The van der Waals surface area contributed by atoms with E-state index in [1.54, 1.807) is 6.21 Å². The first kappa shape index (κ1) is 17.6. The largest absolute Gasteiger partial charge is 0.269 e. The topological polar surface area (TPSA) is 102 Å². The molecule has 3 aliphatic rings. The Balaban J connectivity index is 1.60. The summed E-state index contributed by atoms with van der Waals surface area (Å²) < 4.78 is 24.2. The van der Waals surface area contributed by atoms with Crippen molar-refractivity contribution in [3.63, 3.8) is 0 Å². The molecule has 4 rings (SSSR count). The van der Waals surface area contributed by atoms with Gasteiger partial charge in [-0.2, -0.15) is 5.10 Å². The normalized spacial score (nSPS) is 24.5. The molecule has 7 nitrogen and oxygen atoms in total. The van der Waals surface area contributed by atoms with Crippen LogP contribution >= 0.6 is 0 Å². The number of hydrazone groups is 1. The Kier molecular flexibility index (Phi) is 4.40. The molecule has 2 unspecified atom stereocenters. The molecule has 3 aliphatic carbocycles. The molecule has 1 N–H and O–H groups in total. The molecule has 2 bridgehead atoms. The minimum atomic E-state index is -3.65. The van der Waals surface area contributed by atoms with Gasteiger partial charge in [-0.25, -0.2) is 13.2 Å². The van der Waals surface area contributed by atoms with E-state index < -0.39 is 14.9 Å². The third-order valence-corrected chi connectivity index (χ3v) is 6.52. The van der Waals surface area contributed by atoms with Gasteiger partial charge < -0.3 is 0 Å². The molecular formula is C17H21N3O4S. The summed E-state index contributed by atoms with van der Waals surface area (Å²) in [5, 5.41) is 14.5. The van der Waals surface area contributed by atoms with Crippen molar-refractivity contribution in [1.29, 1.82) is 0 Å². The molecule has 0 amide bonds. The van der Waals surface area contributed by atoms with Gasteiger partial charge in [0.1, 0.15) is 0 Å². The lowest BCUT2D eigenvalue weighted by molar-refractivity contribution is -0.384. The first-order valence-corrected chi connectivity index (χ1v) is 9.80. The van der Waals surface area contributed by atoms with Gasteiger partial charge in [0.2, 0.25) is 0 Å². The third-order valence-electron chi connectivity index (χ3n) is 5.42. The van der Waals surface area contributed by atoms with Crippen LogP contribution in [-0.4, -0.2) is 19.6 Å². The Labute approximate surface area is 147 Å². The Morgan fingerprint density at radius 3 is 2.60 bits per heavy atom. The summed E-state index contributed by atoms with van der Waals surface area (Å²) in [7, 11) is -3.65. The van der Waals surface area contributed by atoms with E-state index in [1.807, 2.05) is 0 Å². The van der Waals surface area contributed by atoms with Gasteiger partial charge in [-0.1, -0.05) is 32.1 Å². The molecule has 8 heteroatoms. The van der Waals surface area contributed by atoms with Gasteiger partial charge in [0.25, 0.3) is 15.7 Å². The minimum absolute atomic E-state index is 0.0715. The molecule has 134 valence electrons. The van der Waals surface area contributed by atoms with Gasteiger partial charge >= 0.3 is 0 Å². The first-order chi connectivity index (χ1) is 11.7. The van der Waals surface area contributed by atoms with Gasteiger partial charge in [-0.15, -0.1) is 0 Å². The molecule has 0 radical (unpaired) electrons. The second kappa shape index (κ2) is 6.25. The van der Waals surface area contributed by atoms with Crippen molar-refractivity contribution in [2.75, 3.05) is 0 Å². The fraction of sp³-hybridized carbons (Fsp3) is 0.471. The maximum absolute atomic E-state index is 12.1. The summed E-state index contributed by atoms with van der Waals surface area (Å²) in [6.45, 7) is 4.48. The molecule has 1 aromatic carbocycles. The summed E-state index contributed by atoms with van der Waals surface area (Å²) >= 11 is 0. The fourth-order valence-electron chi connectivity index (χ4n) is 3.69. The Bertz CT molecular complexity index is 841. The zero-order valence-corrected chi connectivity index (χ0v) is 15.0. The van der Waals surface area contributed by atoms with Crippen LogP contribution in [0.15, 0.2) is 41.0 Å². The maximum Gasteiger partial charge on any atom is 0.269 e. The Morgan fingerprint density at radius 2 is 2.04 bits per heavy atom. The number of rotatable bonds is 6. The smallest absolute Gasteiger partial charge is 0.258 e. The molecule has 1 saturated carbocycles. The average Bonchev–Trinajstić information content (AvgIpc) is 2.54. The molecule has 1 aromatic rings. The van der Waals surface area contributed by atoms with Crippen molar-refractivity contribution < 1.29 is 13.3 Å². The zero-order valence-electron chi connectivity index (χ0n) is 14.2. The molecule has 0 spiro atoms. The molecule has 0 heterocycles. The quantitative estimate of drug-likeness (QED) is 0.477. The summed E-state index contributed by atoms with van der Waals surface area (Å²) in [6.07, 6.45) is 5.90. The van der Waals surface area contributed by atoms with Crippen LogP contribution in [0.5, 0.6) is 0 Å². The van der Waals surface area contributed by atoms with Crippen LogP contribution in [0.25, 0.3) is 0 Å². The number of nitro benzene ring substituents is 1. The van der Waals surface area contributed by atoms with Gasteiger partial charge in [0.15, 0.2) is 0 Å². The number of hydrogen-bond acceptors (Lipinski definition) is 5. The maximum atomic E-state index is 12.1. The van der Waals surface area contributed by atoms with Crippen LogP contribution in [0.3, 0.4) is 0 Å². The highest BCUT2D eigenvalue weighted by molar-refractivity contribution is 7.88. The van der Waals surface area contributed by atoms with E-state index in [-0.39, 0.29) is 16.9 Å². The molecule has 0 aromatic heterocycles. The summed E-state index contributed by atoms with van der Waals surface area (Å²) in [4.78, 5) is 12.3. The van der Waals surface area contributed by atoms with Gasteiger partial charge in [0, 0.05) is 12.1 Å². The van der Waals surface area contributed by atoms with Crippen LogP contribution in [0.4, 0.5) is 5.69 Å². The van der Waals surface area contributed by atoms with E-state index in [9.17, 15) is 18.5 Å². The number of nitrogens with one attached hydrogen (secondary N) is 1. The van der Waals surface area contributed by atoms with Gasteiger partial charge in [0.05, 0.1) is 16.9 Å². The monoisotopic (exact) mass is 363 g/mol. The standard InChI is InChI=1S/C17H21N3O4S/c1-17(2)14-6-5-13(16(17)9-14)10-18-19-25(23,24)11-12-3-7-15(8-4-12)20(21)22/h3-5,7-8,10,14,16,19H,6,9,11H2,1-2H3/b18-10+. The number of benzene rings is 1. The van der Waals surface area contributed by atoms with Crippen molar-refractivity contribution in [1.82, 2.24) is 4.83 Å². The number of nitrogens with zero attached hydrogens (tertiary/aromatic N) is 2. The van der Waals surface area contributed by atoms with E-state index in [0.717, 1.165) is 18.4 Å². The van der Waals surface area contributed by atoms with Crippen LogP contribution in [0.2, 0.25) is 0 Å². The zero-order chi connectivity index (χ0) is 18.2. The first-order valence-electron chi connectivity index (χ1n) is 8.15. The SMILES string of the molecule is CC1(C)C2CC=C(/C=N/NS(=O)(=O)Cc3ccc([N+](=O)[O-])cc3)C1C2. The Hall–Kier alpha value is -2.22. The summed E-state index contributed by atoms with van der Waals surface area (Å²) in [5.74, 6) is 0.876. The molecular weight excluding hydrogens is 342 g/mol. The lowest BCUT2D eigenvalue weighted by Crippen LogP contribution is -2.48. The number of nitro groups is 1. The highest BCUT2D eigenvalue weighted by Crippen LogP contribution is 2.58. The van der Waals surface area contributed by atoms with Crippen molar-refractivity contribution >= 4 is 21.9 Å². The minimum Gasteiger partial charge on any atom is -0.258 e. The Morgan fingerprint density at radius 1 is 1.36 bits per heavy atom. The van der Waals surface area contributed by atoms with Gasteiger partial charge in [-0.3, -0.25) is 10.1 Å². The molecule has 1 fully saturated rings. The fourth-order valence-corrected chi connectivity index (χ4v) is 4.60. The average molecular weight is 363 g/mol. The second-order valence-corrected chi connectivity index (χ2v) is 8.98. The van der Waals surface area contributed by atoms with Crippen molar-refractivity contribution in [2.24, 2.45) is 22.4 Å². The number of non-ortho nitro benzene ring substituents is 1. The van der Waals surface area contributed by atoms with E-state index in [1.165, 1.54) is 24.3 Å². The molecule has 2 atom stereocenters. The predicted molar refractivity (Wildman–Crippen MR) is 95.4 cm³/mol. The summed E-state index contributed by atoms with van der Waals surface area (Å²) in [5.41, 5.74) is 1.74. The molecule has 25 heavy (non-hydrogen) atoms. The number of allylic oxidation sites excluding steroid dienone is 2. The van der Waals surface area contributed by atoms with Crippen LogP contribution in [0.1, 0.15) is 32.3 Å². The van der Waals surface area contributed by atoms with Crippen LogP contribution in [0, 0.1) is 27.4 Å². The van der Waals surface area contributed by atoms with Crippen LogP contribution < -0.4 is 4.83 Å². The van der Waals surface area contributed by atoms with E-state index in [0.29, 0.717) is 17.4 Å². The van der Waals surface area contributed by atoms with E-state index in [2.05, 4.69) is 29.9 Å². The lowest BCUT2D eigenvalue weighted by atomic mass is 9.49. The predicted octanol–water partition coefficient (Wildman–Crippen LogP) is 2.99. The summed E-state index contributed by atoms with van der Waals surface area (Å²) in [6, 6.07) is 5.44. The third kappa shape index (κ3) is 3.58. The number of sulfonamides is 1. The number of fused-ring (bicyclic) bond motifs is 1. The number of hydrogen-bond donors (Lipinski definition) is 1. The van der Waals surface area contributed by atoms with Crippen molar-refractivity contribution in [3.05, 3.63) is 51.6 Å². The van der Waals surface area contributed by atoms with Crippen molar-refractivity contribution in [2.45, 2.75) is 32.4 Å². The molecule has 0 aliphatic heterocycles. The second-order valence-electron chi connectivity index (χ2n) is 7.28. The van der Waals surface area contributed by atoms with Gasteiger partial charge in [-0.05, 0) is 41.2 Å². The van der Waals surface area contributed by atoms with Crippen molar-refractivity contribution in [3.8, 4) is 0 Å².